The second-order valence-electron chi connectivity index (χ2n) is 4.25. The number of hydrogen-bond acceptors (Lipinski definition) is 5. The second-order valence-corrected chi connectivity index (χ2v) is 5.06. The van der Waals surface area contributed by atoms with Gasteiger partial charge in [-0.2, -0.15) is 9.97 Å². The molecule has 0 unspecified atom stereocenters. The van der Waals surface area contributed by atoms with Gasteiger partial charge in [-0.15, -0.1) is 0 Å². The highest BCUT2D eigenvalue weighted by atomic mass is 35.5. The van der Waals surface area contributed by atoms with Crippen molar-refractivity contribution in [1.82, 2.24) is 9.97 Å². The van der Waals surface area contributed by atoms with Gasteiger partial charge in [-0.05, 0) is 17.7 Å². The zero-order valence-electron chi connectivity index (χ0n) is 11.9. The van der Waals surface area contributed by atoms with Crippen molar-refractivity contribution in [3.05, 3.63) is 39.9 Å². The van der Waals surface area contributed by atoms with Crippen molar-refractivity contribution < 1.29 is 14.3 Å². The maximum Gasteiger partial charge on any atom is 0.236 e. The predicted molar refractivity (Wildman–Crippen MR) is 83.9 cm³/mol. The van der Waals surface area contributed by atoms with Crippen LogP contribution < -0.4 is 14.8 Å². The average Bonchev–Trinajstić information content (AvgIpc) is 2.50. The number of nitrogens with one attached hydrogen (secondary N) is 1. The molecule has 2 rings (SSSR count). The zero-order valence-corrected chi connectivity index (χ0v) is 13.4. The standard InChI is InChI=1S/C14H13Cl2N3O3/c1-21-12-7-13(22-2)19-14(18-12)17-11(20)6-8-3-4-9(15)10(16)5-8/h3-5,7H,6H2,1-2H3,(H,17,18,19,20). The summed E-state index contributed by atoms with van der Waals surface area (Å²) in [5, 5.41) is 3.41. The van der Waals surface area contributed by atoms with Crippen LogP contribution in [0.15, 0.2) is 24.3 Å². The summed E-state index contributed by atoms with van der Waals surface area (Å²) in [5.74, 6) is 0.378. The van der Waals surface area contributed by atoms with Gasteiger partial charge in [-0.25, -0.2) is 0 Å². The Morgan fingerprint density at radius 3 is 2.27 bits per heavy atom. The third-order valence-corrected chi connectivity index (χ3v) is 3.44. The Bertz CT molecular complexity index is 673. The van der Waals surface area contributed by atoms with E-state index in [1.807, 2.05) is 0 Å². The van der Waals surface area contributed by atoms with Crippen LogP contribution in [0.5, 0.6) is 11.8 Å². The maximum absolute atomic E-state index is 12.0. The molecular weight excluding hydrogens is 329 g/mol. The lowest BCUT2D eigenvalue weighted by atomic mass is 10.1. The largest absolute Gasteiger partial charge is 0.481 e. The fourth-order valence-electron chi connectivity index (χ4n) is 1.67. The summed E-state index contributed by atoms with van der Waals surface area (Å²) < 4.78 is 10.0. The summed E-state index contributed by atoms with van der Waals surface area (Å²) >= 11 is 11.7. The van der Waals surface area contributed by atoms with E-state index in [1.54, 1.807) is 18.2 Å². The zero-order chi connectivity index (χ0) is 16.1. The Morgan fingerprint density at radius 2 is 1.73 bits per heavy atom. The molecule has 1 aromatic carbocycles. The van der Waals surface area contributed by atoms with Gasteiger partial charge in [0.25, 0.3) is 0 Å². The number of carbonyl (C=O) groups excluding carboxylic acids is 1. The highest BCUT2D eigenvalue weighted by Gasteiger charge is 2.10. The van der Waals surface area contributed by atoms with Gasteiger partial charge in [-0.1, -0.05) is 29.3 Å². The summed E-state index contributed by atoms with van der Waals surface area (Å²) in [6, 6.07) is 6.50. The number of hydrogen-bond donors (Lipinski definition) is 1. The first-order chi connectivity index (χ1) is 10.5. The summed E-state index contributed by atoms with van der Waals surface area (Å²) in [6.07, 6.45) is 0.111. The Labute approximate surface area is 137 Å². The van der Waals surface area contributed by atoms with E-state index in [-0.39, 0.29) is 30.0 Å². The summed E-state index contributed by atoms with van der Waals surface area (Å²) in [7, 11) is 2.92. The molecular formula is C14H13Cl2N3O3. The number of amides is 1. The monoisotopic (exact) mass is 341 g/mol. The quantitative estimate of drug-likeness (QED) is 0.904. The number of methoxy groups -OCH3 is 2. The van der Waals surface area contributed by atoms with Gasteiger partial charge in [0.05, 0.1) is 36.8 Å². The lowest BCUT2D eigenvalue weighted by molar-refractivity contribution is -0.115. The number of benzene rings is 1. The predicted octanol–water partition coefficient (Wildman–Crippen LogP) is 2.98. The van der Waals surface area contributed by atoms with Crippen molar-refractivity contribution >= 4 is 35.1 Å². The first-order valence-electron chi connectivity index (χ1n) is 6.22. The molecule has 0 saturated heterocycles. The molecule has 116 valence electrons. The van der Waals surface area contributed by atoms with Crippen LogP contribution in [-0.2, 0) is 11.2 Å². The van der Waals surface area contributed by atoms with Crippen molar-refractivity contribution in [2.24, 2.45) is 0 Å². The lowest BCUT2D eigenvalue weighted by Gasteiger charge is -2.08. The third kappa shape index (κ3) is 4.22. The van der Waals surface area contributed by atoms with Gasteiger partial charge in [0.15, 0.2) is 0 Å². The Morgan fingerprint density at radius 1 is 1.09 bits per heavy atom. The van der Waals surface area contributed by atoms with E-state index in [1.165, 1.54) is 20.3 Å². The molecule has 0 aliphatic heterocycles. The van der Waals surface area contributed by atoms with Crippen molar-refractivity contribution in [2.75, 3.05) is 19.5 Å². The fraction of sp³-hybridized carbons (Fsp3) is 0.214. The Hall–Kier alpha value is -2.05. The van der Waals surface area contributed by atoms with Crippen molar-refractivity contribution in [3.8, 4) is 11.8 Å². The van der Waals surface area contributed by atoms with E-state index in [2.05, 4.69) is 15.3 Å². The number of carbonyl (C=O) groups is 1. The third-order valence-electron chi connectivity index (χ3n) is 2.70. The first-order valence-corrected chi connectivity index (χ1v) is 6.98. The van der Waals surface area contributed by atoms with Crippen LogP contribution in [0.3, 0.4) is 0 Å². The number of rotatable bonds is 5. The molecule has 1 N–H and O–H groups in total. The van der Waals surface area contributed by atoms with E-state index in [4.69, 9.17) is 32.7 Å². The summed E-state index contributed by atoms with van der Waals surface area (Å²) in [5.41, 5.74) is 0.724. The Kier molecular flexibility index (Phi) is 5.41. The number of anilines is 1. The average molecular weight is 342 g/mol. The van der Waals surface area contributed by atoms with Crippen molar-refractivity contribution in [2.45, 2.75) is 6.42 Å². The minimum absolute atomic E-state index is 0.0984. The molecule has 1 heterocycles. The SMILES string of the molecule is COc1cc(OC)nc(NC(=O)Cc2ccc(Cl)c(Cl)c2)n1. The normalized spacial score (nSPS) is 10.2. The van der Waals surface area contributed by atoms with Crippen LogP contribution in [0.25, 0.3) is 0 Å². The van der Waals surface area contributed by atoms with Crippen LogP contribution in [-0.4, -0.2) is 30.1 Å². The van der Waals surface area contributed by atoms with E-state index < -0.39 is 0 Å². The molecule has 0 bridgehead atoms. The Balaban J connectivity index is 2.09. The first kappa shape index (κ1) is 16.3. The van der Waals surface area contributed by atoms with Crippen LogP contribution >= 0.6 is 23.2 Å². The van der Waals surface area contributed by atoms with E-state index in [9.17, 15) is 4.79 Å². The number of ether oxygens (including phenoxy) is 2. The van der Waals surface area contributed by atoms with Gasteiger partial charge in [0.1, 0.15) is 0 Å². The maximum atomic E-state index is 12.0. The molecule has 0 saturated carbocycles. The number of halogens is 2. The smallest absolute Gasteiger partial charge is 0.236 e. The molecule has 0 fully saturated rings. The second kappa shape index (κ2) is 7.29. The summed E-state index contributed by atoms with van der Waals surface area (Å²) in [4.78, 5) is 20.1. The number of nitrogens with zero attached hydrogens (tertiary/aromatic N) is 2. The van der Waals surface area contributed by atoms with Crippen LogP contribution in [0.4, 0.5) is 5.95 Å². The summed E-state index contributed by atoms with van der Waals surface area (Å²) in [6.45, 7) is 0. The molecule has 8 heteroatoms. The molecule has 0 spiro atoms. The van der Waals surface area contributed by atoms with Crippen LogP contribution in [0.1, 0.15) is 5.56 Å². The van der Waals surface area contributed by atoms with Gasteiger partial charge >= 0.3 is 0 Å². The molecule has 1 aromatic heterocycles. The van der Waals surface area contributed by atoms with E-state index >= 15 is 0 Å². The van der Waals surface area contributed by atoms with Crippen molar-refractivity contribution in [3.63, 3.8) is 0 Å². The molecule has 6 nitrogen and oxygen atoms in total. The topological polar surface area (TPSA) is 73.3 Å². The molecule has 0 aliphatic carbocycles. The molecule has 0 atom stereocenters. The van der Waals surface area contributed by atoms with Gasteiger partial charge in [-0.3, -0.25) is 10.1 Å². The van der Waals surface area contributed by atoms with Crippen molar-refractivity contribution in [1.29, 1.82) is 0 Å². The van der Waals surface area contributed by atoms with E-state index in [0.717, 1.165) is 5.56 Å². The molecule has 2 aromatic rings. The molecule has 22 heavy (non-hydrogen) atoms. The fourth-order valence-corrected chi connectivity index (χ4v) is 1.99. The molecule has 1 amide bonds. The molecule has 0 aliphatic rings. The minimum Gasteiger partial charge on any atom is -0.481 e. The van der Waals surface area contributed by atoms with E-state index in [0.29, 0.717) is 10.0 Å². The highest BCUT2D eigenvalue weighted by molar-refractivity contribution is 6.42. The minimum atomic E-state index is -0.298. The molecule has 0 radical (unpaired) electrons. The van der Waals surface area contributed by atoms with Gasteiger partial charge in [0.2, 0.25) is 23.6 Å². The number of aromatic nitrogens is 2. The van der Waals surface area contributed by atoms with Crippen LogP contribution in [0.2, 0.25) is 10.0 Å². The van der Waals surface area contributed by atoms with Gasteiger partial charge < -0.3 is 9.47 Å². The van der Waals surface area contributed by atoms with Crippen LogP contribution in [0, 0.1) is 0 Å². The van der Waals surface area contributed by atoms with Gasteiger partial charge in [0, 0.05) is 0 Å². The lowest BCUT2D eigenvalue weighted by Crippen LogP contribution is -2.16. The highest BCUT2D eigenvalue weighted by Crippen LogP contribution is 2.23.